The third-order valence-corrected chi connectivity index (χ3v) is 4.29. The van der Waals surface area contributed by atoms with Crippen molar-refractivity contribution in [2.24, 2.45) is 0 Å². The molecule has 2 heterocycles. The average molecular weight is 401 g/mol. The number of carbonyl (C=O) groups is 1. The number of anilines is 1. The number of nitrogens with zero attached hydrogens (tertiary/aromatic N) is 2. The predicted molar refractivity (Wildman–Crippen MR) is 96.2 cm³/mol. The zero-order chi connectivity index (χ0) is 20.7. The van der Waals surface area contributed by atoms with Crippen LogP contribution < -0.4 is 5.32 Å². The van der Waals surface area contributed by atoms with Crippen LogP contribution >= 0.6 is 0 Å². The van der Waals surface area contributed by atoms with Crippen LogP contribution in [0.5, 0.6) is 0 Å². The van der Waals surface area contributed by atoms with Gasteiger partial charge in [-0.15, -0.1) is 0 Å². The van der Waals surface area contributed by atoms with Gasteiger partial charge in [-0.2, -0.15) is 0 Å². The molecule has 9 heteroatoms. The molecule has 0 radical (unpaired) electrons. The Bertz CT molecular complexity index is 1250. The Hall–Kier alpha value is -3.75. The molecule has 0 aliphatic heterocycles. The second-order valence-corrected chi connectivity index (χ2v) is 6.19. The maximum absolute atomic E-state index is 13.9. The number of pyridine rings is 1. The molecule has 0 unspecified atom stereocenters. The topological polar surface area (TPSA) is 68.0 Å². The zero-order valence-corrected chi connectivity index (χ0v) is 14.8. The molecule has 0 bridgehead atoms. The molecule has 0 saturated heterocycles. The fourth-order valence-electron chi connectivity index (χ4n) is 2.85. The minimum atomic E-state index is -1.70. The first-order valence-electron chi connectivity index (χ1n) is 8.33. The van der Waals surface area contributed by atoms with E-state index in [1.165, 1.54) is 30.3 Å². The quantitative estimate of drug-likeness (QED) is 0.387. The van der Waals surface area contributed by atoms with E-state index < -0.39 is 34.9 Å². The van der Waals surface area contributed by atoms with Crippen molar-refractivity contribution in [2.45, 2.75) is 6.92 Å². The summed E-state index contributed by atoms with van der Waals surface area (Å²) >= 11 is 0. The first kappa shape index (κ1) is 18.6. The molecular formula is C20H11F4N3O2. The van der Waals surface area contributed by atoms with Gasteiger partial charge in [0.15, 0.2) is 17.5 Å². The van der Waals surface area contributed by atoms with Crippen LogP contribution in [0.15, 0.2) is 47.0 Å². The number of aryl methyl sites for hydroxylation is 1. The van der Waals surface area contributed by atoms with E-state index in [-0.39, 0.29) is 22.4 Å². The summed E-state index contributed by atoms with van der Waals surface area (Å²) in [6, 6.07) is 8.38. The van der Waals surface area contributed by atoms with Crippen LogP contribution in [-0.4, -0.2) is 16.0 Å². The Morgan fingerprint density at radius 3 is 2.45 bits per heavy atom. The van der Waals surface area contributed by atoms with Crippen LogP contribution in [0.3, 0.4) is 0 Å². The molecule has 0 saturated carbocycles. The summed E-state index contributed by atoms with van der Waals surface area (Å²) in [4.78, 5) is 17.1. The lowest BCUT2D eigenvalue weighted by atomic mass is 10.0. The summed E-state index contributed by atoms with van der Waals surface area (Å²) in [5, 5.41) is 6.26. The van der Waals surface area contributed by atoms with Gasteiger partial charge in [-0.3, -0.25) is 4.79 Å². The number of nitrogens with one attached hydrogen (secondary N) is 1. The molecule has 0 atom stereocenters. The maximum Gasteiger partial charge on any atom is 0.259 e. The van der Waals surface area contributed by atoms with Gasteiger partial charge in [0.2, 0.25) is 0 Å². The van der Waals surface area contributed by atoms with Gasteiger partial charge in [-0.05, 0) is 49.4 Å². The minimum absolute atomic E-state index is 0.0252. The van der Waals surface area contributed by atoms with Crippen molar-refractivity contribution >= 4 is 22.7 Å². The van der Waals surface area contributed by atoms with E-state index in [4.69, 9.17) is 4.52 Å². The molecule has 29 heavy (non-hydrogen) atoms. The van der Waals surface area contributed by atoms with Crippen LogP contribution in [0.25, 0.3) is 22.4 Å². The van der Waals surface area contributed by atoms with Gasteiger partial charge in [0, 0.05) is 5.56 Å². The van der Waals surface area contributed by atoms with E-state index in [0.29, 0.717) is 17.3 Å². The van der Waals surface area contributed by atoms with Crippen molar-refractivity contribution in [3.05, 3.63) is 77.0 Å². The SMILES string of the molecule is Cc1noc2nc(-c3ccc(F)cc3)cc(C(=O)Nc3ccc(F)c(F)c3F)c12. The molecule has 4 aromatic rings. The van der Waals surface area contributed by atoms with Gasteiger partial charge in [0.1, 0.15) is 5.82 Å². The van der Waals surface area contributed by atoms with Crippen molar-refractivity contribution in [2.75, 3.05) is 5.32 Å². The van der Waals surface area contributed by atoms with Gasteiger partial charge in [0.25, 0.3) is 11.6 Å². The van der Waals surface area contributed by atoms with Crippen molar-refractivity contribution < 1.29 is 26.9 Å². The van der Waals surface area contributed by atoms with Crippen LogP contribution in [0.2, 0.25) is 0 Å². The average Bonchev–Trinajstić information content (AvgIpc) is 3.09. The Kier molecular flexibility index (Phi) is 4.50. The van der Waals surface area contributed by atoms with E-state index in [1.807, 2.05) is 0 Å². The number of hydrogen-bond acceptors (Lipinski definition) is 4. The summed E-state index contributed by atoms with van der Waals surface area (Å²) in [7, 11) is 0. The molecule has 2 aromatic heterocycles. The van der Waals surface area contributed by atoms with Crippen LogP contribution in [0.1, 0.15) is 16.1 Å². The van der Waals surface area contributed by atoms with E-state index >= 15 is 0 Å². The normalized spacial score (nSPS) is 11.1. The molecule has 4 rings (SSSR count). The molecular weight excluding hydrogens is 390 g/mol. The van der Waals surface area contributed by atoms with Crippen LogP contribution in [0.4, 0.5) is 23.2 Å². The van der Waals surface area contributed by atoms with E-state index in [2.05, 4.69) is 15.5 Å². The Balaban J connectivity index is 1.81. The van der Waals surface area contributed by atoms with Gasteiger partial charge in [0.05, 0.1) is 28.0 Å². The summed E-state index contributed by atoms with van der Waals surface area (Å²) in [5.74, 6) is -5.85. The van der Waals surface area contributed by atoms with Gasteiger partial charge in [-0.25, -0.2) is 22.5 Å². The monoisotopic (exact) mass is 401 g/mol. The zero-order valence-electron chi connectivity index (χ0n) is 14.8. The van der Waals surface area contributed by atoms with E-state index in [0.717, 1.165) is 6.07 Å². The molecule has 1 amide bonds. The molecule has 0 aliphatic carbocycles. The summed E-state index contributed by atoms with van der Waals surface area (Å²) < 4.78 is 58.9. The lowest BCUT2D eigenvalue weighted by Crippen LogP contribution is -2.15. The van der Waals surface area contributed by atoms with E-state index in [9.17, 15) is 22.4 Å². The number of benzene rings is 2. The molecule has 2 aromatic carbocycles. The van der Waals surface area contributed by atoms with Crippen molar-refractivity contribution in [3.8, 4) is 11.3 Å². The Morgan fingerprint density at radius 2 is 1.72 bits per heavy atom. The highest BCUT2D eigenvalue weighted by Gasteiger charge is 2.22. The van der Waals surface area contributed by atoms with Gasteiger partial charge in [-0.1, -0.05) is 5.16 Å². The van der Waals surface area contributed by atoms with Crippen molar-refractivity contribution in [1.29, 1.82) is 0 Å². The second-order valence-electron chi connectivity index (χ2n) is 6.19. The highest BCUT2D eigenvalue weighted by Crippen LogP contribution is 2.28. The summed E-state index contributed by atoms with van der Waals surface area (Å²) in [6.45, 7) is 1.58. The number of halogens is 4. The van der Waals surface area contributed by atoms with Crippen LogP contribution in [0, 0.1) is 30.2 Å². The standard InChI is InChI=1S/C20H11F4N3O2/c1-9-16-12(19(28)25-14-7-6-13(22)17(23)18(14)24)8-15(26-20(16)29-27-9)10-2-4-11(21)5-3-10/h2-8H,1H3,(H,25,28). The number of rotatable bonds is 3. The smallest absolute Gasteiger partial charge is 0.259 e. The van der Waals surface area contributed by atoms with Crippen molar-refractivity contribution in [3.63, 3.8) is 0 Å². The largest absolute Gasteiger partial charge is 0.335 e. The fraction of sp³-hybridized carbons (Fsp3) is 0.0500. The molecule has 0 spiro atoms. The first-order valence-corrected chi connectivity index (χ1v) is 8.33. The molecule has 1 N–H and O–H groups in total. The van der Waals surface area contributed by atoms with Crippen LogP contribution in [-0.2, 0) is 0 Å². The number of fused-ring (bicyclic) bond motifs is 1. The summed E-state index contributed by atoms with van der Waals surface area (Å²) in [6.07, 6.45) is 0. The molecule has 5 nitrogen and oxygen atoms in total. The highest BCUT2D eigenvalue weighted by atomic mass is 19.2. The fourth-order valence-corrected chi connectivity index (χ4v) is 2.85. The minimum Gasteiger partial charge on any atom is -0.335 e. The van der Waals surface area contributed by atoms with Gasteiger partial charge < -0.3 is 9.84 Å². The molecule has 146 valence electrons. The lowest BCUT2D eigenvalue weighted by molar-refractivity contribution is 0.102. The second kappa shape index (κ2) is 7.01. The number of hydrogen-bond donors (Lipinski definition) is 1. The number of carbonyl (C=O) groups excluding carboxylic acids is 1. The van der Waals surface area contributed by atoms with Crippen molar-refractivity contribution in [1.82, 2.24) is 10.1 Å². The first-order chi connectivity index (χ1) is 13.8. The Labute approximate surface area is 161 Å². The highest BCUT2D eigenvalue weighted by molar-refractivity contribution is 6.13. The third kappa shape index (κ3) is 3.31. The predicted octanol–water partition coefficient (Wildman–Crippen LogP) is 5.01. The van der Waals surface area contributed by atoms with Gasteiger partial charge >= 0.3 is 0 Å². The molecule has 0 aliphatic rings. The third-order valence-electron chi connectivity index (χ3n) is 4.29. The molecule has 0 fully saturated rings. The summed E-state index contributed by atoms with van der Waals surface area (Å²) in [5.41, 5.74) is 0.669. The number of aromatic nitrogens is 2. The lowest BCUT2D eigenvalue weighted by Gasteiger charge is -2.10. The number of amides is 1. The van der Waals surface area contributed by atoms with E-state index in [1.54, 1.807) is 6.92 Å². The Morgan fingerprint density at radius 1 is 1.00 bits per heavy atom. The maximum atomic E-state index is 13.9.